The van der Waals surface area contributed by atoms with Crippen LogP contribution in [0.1, 0.15) is 124 Å². The summed E-state index contributed by atoms with van der Waals surface area (Å²) in [7, 11) is 0. The molecule has 1 rings (SSSR count). The number of unbranched alkanes of at least 4 members (excludes halogenated alkanes) is 9. The van der Waals surface area contributed by atoms with Crippen molar-refractivity contribution in [1.82, 2.24) is 0 Å². The van der Waals surface area contributed by atoms with Crippen molar-refractivity contribution >= 4 is 12.0 Å². The van der Waals surface area contributed by atoms with Crippen LogP contribution in [0.2, 0.25) is 0 Å². The molecule has 36 heavy (non-hydrogen) atoms. The molecule has 0 saturated heterocycles. The van der Waals surface area contributed by atoms with Gasteiger partial charge < -0.3 is 18.9 Å². The highest BCUT2D eigenvalue weighted by Gasteiger charge is 2.16. The summed E-state index contributed by atoms with van der Waals surface area (Å²) in [5.41, 5.74) is 0.251. The molecule has 0 radical (unpaired) electrons. The lowest BCUT2D eigenvalue weighted by molar-refractivity contribution is -0.148. The van der Waals surface area contributed by atoms with E-state index in [9.17, 15) is 4.79 Å². The van der Waals surface area contributed by atoms with E-state index in [0.717, 1.165) is 44.1 Å². The van der Waals surface area contributed by atoms with Crippen molar-refractivity contribution in [2.45, 2.75) is 124 Å². The van der Waals surface area contributed by atoms with Crippen molar-refractivity contribution in [3.05, 3.63) is 23.8 Å². The number of hydrogen-bond acceptors (Lipinski definition) is 5. The Hall–Kier alpha value is -2.17. The number of carbonyl (C=O) groups excluding carboxylic acids is 1. The molecule has 0 heterocycles. The van der Waals surface area contributed by atoms with Gasteiger partial charge in [0.15, 0.2) is 11.5 Å². The maximum atomic E-state index is 12.3. The Morgan fingerprint density at radius 1 is 0.667 bits per heavy atom. The van der Waals surface area contributed by atoms with Crippen LogP contribution < -0.4 is 14.2 Å². The van der Waals surface area contributed by atoms with E-state index >= 15 is 0 Å². The topological polar surface area (TPSA) is 54.0 Å². The molecule has 1 aromatic rings. The predicted molar refractivity (Wildman–Crippen MR) is 150 cm³/mol. The van der Waals surface area contributed by atoms with Gasteiger partial charge in [0.25, 0.3) is 0 Å². The van der Waals surface area contributed by atoms with Crippen LogP contribution in [0.25, 0.3) is 6.08 Å². The van der Waals surface area contributed by atoms with Crippen molar-refractivity contribution in [3.8, 4) is 17.2 Å². The van der Waals surface area contributed by atoms with Gasteiger partial charge in [-0.25, -0.2) is 4.79 Å². The van der Waals surface area contributed by atoms with Crippen LogP contribution in [0.4, 0.5) is 0 Å². The highest BCUT2D eigenvalue weighted by Crippen LogP contribution is 2.36. The summed E-state index contributed by atoms with van der Waals surface area (Å²) >= 11 is 0. The van der Waals surface area contributed by atoms with Crippen molar-refractivity contribution in [2.24, 2.45) is 0 Å². The molecule has 0 unspecified atom stereocenters. The number of hydrogen-bond donors (Lipinski definition) is 0. The van der Waals surface area contributed by atoms with Gasteiger partial charge >= 0.3 is 5.97 Å². The van der Waals surface area contributed by atoms with E-state index in [1.54, 1.807) is 6.08 Å². The minimum absolute atomic E-state index is 0.380. The van der Waals surface area contributed by atoms with E-state index in [2.05, 4.69) is 20.8 Å². The van der Waals surface area contributed by atoms with Gasteiger partial charge in [0, 0.05) is 17.7 Å². The SMILES string of the molecule is CCCCCCOc1cc(OCCCCCC)c(OCCCCCC)cc1C=CC(=O)OC(C)(C)C. The van der Waals surface area contributed by atoms with Gasteiger partial charge in [-0.2, -0.15) is 0 Å². The van der Waals surface area contributed by atoms with Gasteiger partial charge in [-0.15, -0.1) is 0 Å². The minimum atomic E-state index is -0.539. The second kappa shape index (κ2) is 19.0. The molecular formula is C31H52O5. The average Bonchev–Trinajstić information content (AvgIpc) is 2.82. The number of ether oxygens (including phenoxy) is 4. The molecule has 0 bridgehead atoms. The first-order chi connectivity index (χ1) is 17.3. The van der Waals surface area contributed by atoms with E-state index in [0.29, 0.717) is 37.1 Å². The fourth-order valence-electron chi connectivity index (χ4n) is 3.66. The van der Waals surface area contributed by atoms with Crippen LogP contribution in [0.5, 0.6) is 17.2 Å². The molecule has 206 valence electrons. The lowest BCUT2D eigenvalue weighted by Gasteiger charge is -2.18. The van der Waals surface area contributed by atoms with E-state index in [1.165, 1.54) is 44.6 Å². The summed E-state index contributed by atoms with van der Waals surface area (Å²) < 4.78 is 24.0. The molecule has 0 aliphatic heterocycles. The van der Waals surface area contributed by atoms with Crippen LogP contribution in [0.15, 0.2) is 18.2 Å². The molecule has 0 fully saturated rings. The van der Waals surface area contributed by atoms with Gasteiger partial charge in [-0.1, -0.05) is 78.6 Å². The Bertz CT molecular complexity index is 748. The Morgan fingerprint density at radius 2 is 1.11 bits per heavy atom. The summed E-state index contributed by atoms with van der Waals surface area (Å²) in [6, 6.07) is 3.86. The van der Waals surface area contributed by atoms with Gasteiger partial charge in [0.2, 0.25) is 0 Å². The van der Waals surface area contributed by atoms with Gasteiger partial charge in [-0.3, -0.25) is 0 Å². The van der Waals surface area contributed by atoms with E-state index in [-0.39, 0.29) is 5.97 Å². The molecule has 0 saturated carbocycles. The fraction of sp³-hybridized carbons (Fsp3) is 0.710. The van der Waals surface area contributed by atoms with Crippen LogP contribution >= 0.6 is 0 Å². The second-order valence-corrected chi connectivity index (χ2v) is 10.4. The molecule has 0 spiro atoms. The van der Waals surface area contributed by atoms with E-state index in [4.69, 9.17) is 18.9 Å². The quantitative estimate of drug-likeness (QED) is 0.101. The average molecular weight is 505 g/mol. The van der Waals surface area contributed by atoms with Crippen molar-refractivity contribution in [1.29, 1.82) is 0 Å². The fourth-order valence-corrected chi connectivity index (χ4v) is 3.66. The maximum Gasteiger partial charge on any atom is 0.331 e. The summed E-state index contributed by atoms with van der Waals surface area (Å²) in [5, 5.41) is 0. The molecule has 0 aliphatic rings. The first-order valence-electron chi connectivity index (χ1n) is 14.3. The van der Waals surface area contributed by atoms with Crippen LogP contribution in [0.3, 0.4) is 0 Å². The van der Waals surface area contributed by atoms with Crippen LogP contribution in [-0.2, 0) is 9.53 Å². The minimum Gasteiger partial charge on any atom is -0.493 e. The summed E-state index contributed by atoms with van der Waals surface area (Å²) in [6.07, 6.45) is 16.8. The number of benzene rings is 1. The number of carbonyl (C=O) groups is 1. The highest BCUT2D eigenvalue weighted by atomic mass is 16.6. The zero-order valence-corrected chi connectivity index (χ0v) is 24.0. The third kappa shape index (κ3) is 15.1. The van der Waals surface area contributed by atoms with E-state index in [1.807, 2.05) is 32.9 Å². The van der Waals surface area contributed by atoms with Crippen LogP contribution in [0, 0.1) is 0 Å². The molecule has 0 amide bonds. The van der Waals surface area contributed by atoms with Gasteiger partial charge in [0.05, 0.1) is 19.8 Å². The molecule has 5 heteroatoms. The molecule has 0 atom stereocenters. The Morgan fingerprint density at radius 3 is 1.56 bits per heavy atom. The maximum absolute atomic E-state index is 12.3. The number of rotatable bonds is 20. The first-order valence-corrected chi connectivity index (χ1v) is 14.3. The Kier molecular flexibility index (Phi) is 16.8. The third-order valence-corrected chi connectivity index (χ3v) is 5.65. The standard InChI is InChI=1S/C31H52O5/c1-7-10-13-16-21-33-27-25-29(35-23-18-15-12-9-3)28(34-22-17-14-11-8-2)24-26(27)19-20-30(32)36-31(4,5)6/h19-20,24-25H,7-18,21-23H2,1-6H3. The zero-order chi connectivity index (χ0) is 26.7. The zero-order valence-electron chi connectivity index (χ0n) is 24.0. The monoisotopic (exact) mass is 504 g/mol. The molecule has 0 aromatic heterocycles. The summed E-state index contributed by atoms with van der Waals surface area (Å²) in [4.78, 5) is 12.3. The molecule has 5 nitrogen and oxygen atoms in total. The second-order valence-electron chi connectivity index (χ2n) is 10.4. The normalized spacial score (nSPS) is 11.6. The summed E-state index contributed by atoms with van der Waals surface area (Å²) in [5.74, 6) is 1.73. The molecular weight excluding hydrogens is 452 g/mol. The summed E-state index contributed by atoms with van der Waals surface area (Å²) in [6.45, 7) is 14.1. The van der Waals surface area contributed by atoms with Gasteiger partial charge in [0.1, 0.15) is 11.4 Å². The lowest BCUT2D eigenvalue weighted by Crippen LogP contribution is -2.22. The molecule has 0 aliphatic carbocycles. The first kappa shape index (κ1) is 31.9. The smallest absolute Gasteiger partial charge is 0.331 e. The number of esters is 1. The largest absolute Gasteiger partial charge is 0.493 e. The van der Waals surface area contributed by atoms with Crippen molar-refractivity contribution < 1.29 is 23.7 Å². The van der Waals surface area contributed by atoms with Gasteiger partial charge in [-0.05, 0) is 52.2 Å². The van der Waals surface area contributed by atoms with Crippen molar-refractivity contribution in [2.75, 3.05) is 19.8 Å². The Balaban J connectivity index is 3.11. The predicted octanol–water partition coefficient (Wildman–Crippen LogP) is 8.92. The molecule has 0 N–H and O–H groups in total. The van der Waals surface area contributed by atoms with Crippen molar-refractivity contribution in [3.63, 3.8) is 0 Å². The highest BCUT2D eigenvalue weighted by molar-refractivity contribution is 5.88. The van der Waals surface area contributed by atoms with Crippen LogP contribution in [-0.4, -0.2) is 31.4 Å². The lowest BCUT2D eigenvalue weighted by atomic mass is 10.1. The Labute approximate surface area is 220 Å². The third-order valence-electron chi connectivity index (χ3n) is 5.65. The van der Waals surface area contributed by atoms with E-state index < -0.39 is 5.60 Å². The molecule has 1 aromatic carbocycles.